The number of nitrogens with zero attached hydrogens (tertiary/aromatic N) is 1. The topological polar surface area (TPSA) is 58.4 Å². The second kappa shape index (κ2) is 6.70. The molecular formula is C14H20ClN3OS. The number of benzene rings is 1. The summed E-state index contributed by atoms with van der Waals surface area (Å²) in [6.07, 6.45) is 0. The third-order valence-corrected chi connectivity index (χ3v) is 5.22. The maximum atomic E-state index is 12.1. The van der Waals surface area contributed by atoms with E-state index in [0.29, 0.717) is 34.2 Å². The molecule has 20 heavy (non-hydrogen) atoms. The lowest BCUT2D eigenvalue weighted by Crippen LogP contribution is -2.47. The Hall–Kier alpha value is -0.910. The first kappa shape index (κ1) is 15.5. The van der Waals surface area contributed by atoms with E-state index >= 15 is 0 Å². The third kappa shape index (κ3) is 3.81. The van der Waals surface area contributed by atoms with Crippen LogP contribution in [0.2, 0.25) is 5.02 Å². The highest BCUT2D eigenvalue weighted by Crippen LogP contribution is 2.25. The SMILES string of the molecule is CC1SCCN(CC(=O)Nc2ccc(Cl)cc2N)C1C. The van der Waals surface area contributed by atoms with Crippen molar-refractivity contribution in [2.75, 3.05) is 29.9 Å². The Bertz CT molecular complexity index is 497. The normalized spacial score (nSPS) is 23.6. The number of thioether (sulfide) groups is 1. The van der Waals surface area contributed by atoms with Gasteiger partial charge in [-0.05, 0) is 25.1 Å². The number of carbonyl (C=O) groups is 1. The van der Waals surface area contributed by atoms with Crippen molar-refractivity contribution in [2.45, 2.75) is 25.1 Å². The van der Waals surface area contributed by atoms with Crippen LogP contribution in [0.15, 0.2) is 18.2 Å². The average Bonchev–Trinajstić information content (AvgIpc) is 2.38. The van der Waals surface area contributed by atoms with Crippen LogP contribution in [0.25, 0.3) is 0 Å². The number of rotatable bonds is 3. The van der Waals surface area contributed by atoms with Crippen molar-refractivity contribution in [3.8, 4) is 0 Å². The number of hydrogen-bond donors (Lipinski definition) is 2. The minimum Gasteiger partial charge on any atom is -0.397 e. The summed E-state index contributed by atoms with van der Waals surface area (Å²) in [5.41, 5.74) is 6.94. The Kier molecular flexibility index (Phi) is 5.18. The molecule has 0 radical (unpaired) electrons. The van der Waals surface area contributed by atoms with Gasteiger partial charge in [-0.25, -0.2) is 0 Å². The Morgan fingerprint density at radius 3 is 3.00 bits per heavy atom. The number of nitrogens with two attached hydrogens (primary N) is 1. The second-order valence-corrected chi connectivity index (χ2v) is 6.99. The summed E-state index contributed by atoms with van der Waals surface area (Å²) in [7, 11) is 0. The Morgan fingerprint density at radius 2 is 2.30 bits per heavy atom. The van der Waals surface area contributed by atoms with Gasteiger partial charge in [0.15, 0.2) is 0 Å². The van der Waals surface area contributed by atoms with Crippen molar-refractivity contribution < 1.29 is 4.79 Å². The van der Waals surface area contributed by atoms with Gasteiger partial charge in [-0.1, -0.05) is 18.5 Å². The summed E-state index contributed by atoms with van der Waals surface area (Å²) < 4.78 is 0. The second-order valence-electron chi connectivity index (χ2n) is 5.07. The van der Waals surface area contributed by atoms with Crippen LogP contribution in [0.5, 0.6) is 0 Å². The smallest absolute Gasteiger partial charge is 0.238 e. The monoisotopic (exact) mass is 313 g/mol. The van der Waals surface area contributed by atoms with Crippen LogP contribution >= 0.6 is 23.4 Å². The van der Waals surface area contributed by atoms with Gasteiger partial charge >= 0.3 is 0 Å². The molecule has 1 saturated heterocycles. The fraction of sp³-hybridized carbons (Fsp3) is 0.500. The summed E-state index contributed by atoms with van der Waals surface area (Å²) >= 11 is 7.80. The van der Waals surface area contributed by atoms with Crippen LogP contribution in [0.1, 0.15) is 13.8 Å². The molecule has 1 aromatic rings. The quantitative estimate of drug-likeness (QED) is 0.842. The van der Waals surface area contributed by atoms with E-state index in [-0.39, 0.29) is 5.91 Å². The number of nitrogens with one attached hydrogen (secondary N) is 1. The summed E-state index contributed by atoms with van der Waals surface area (Å²) in [4.78, 5) is 14.3. The van der Waals surface area contributed by atoms with Gasteiger partial charge in [0.2, 0.25) is 5.91 Å². The van der Waals surface area contributed by atoms with E-state index in [0.717, 1.165) is 12.3 Å². The van der Waals surface area contributed by atoms with Gasteiger partial charge in [-0.3, -0.25) is 9.69 Å². The zero-order valence-corrected chi connectivity index (χ0v) is 13.3. The van der Waals surface area contributed by atoms with Gasteiger partial charge in [-0.2, -0.15) is 11.8 Å². The van der Waals surface area contributed by atoms with Gasteiger partial charge < -0.3 is 11.1 Å². The fourth-order valence-electron chi connectivity index (χ4n) is 2.24. The molecule has 1 amide bonds. The average molecular weight is 314 g/mol. The Balaban J connectivity index is 1.95. The molecule has 0 aromatic heterocycles. The highest BCUT2D eigenvalue weighted by molar-refractivity contribution is 8.00. The van der Waals surface area contributed by atoms with E-state index in [1.807, 2.05) is 11.8 Å². The lowest BCUT2D eigenvalue weighted by molar-refractivity contribution is -0.117. The zero-order valence-electron chi connectivity index (χ0n) is 11.7. The Morgan fingerprint density at radius 1 is 1.55 bits per heavy atom. The standard InChI is InChI=1S/C14H20ClN3OS/c1-9-10(2)20-6-5-18(9)8-14(19)17-13-4-3-11(15)7-12(13)16/h3-4,7,9-10H,5-6,8,16H2,1-2H3,(H,17,19). The van der Waals surface area contributed by atoms with Gasteiger partial charge in [-0.15, -0.1) is 0 Å². The summed E-state index contributed by atoms with van der Waals surface area (Å²) in [5.74, 6) is 1.03. The zero-order chi connectivity index (χ0) is 14.7. The fourth-order valence-corrected chi connectivity index (χ4v) is 3.58. The molecule has 6 heteroatoms. The van der Waals surface area contributed by atoms with Crippen LogP contribution in [-0.4, -0.2) is 40.9 Å². The van der Waals surface area contributed by atoms with Gasteiger partial charge in [0.1, 0.15) is 0 Å². The predicted octanol–water partition coefficient (Wildman–Crippen LogP) is 2.69. The van der Waals surface area contributed by atoms with Gasteiger partial charge in [0.05, 0.1) is 17.9 Å². The minimum atomic E-state index is -0.0371. The van der Waals surface area contributed by atoms with Crippen molar-refractivity contribution in [3.63, 3.8) is 0 Å². The van der Waals surface area contributed by atoms with Crippen molar-refractivity contribution in [2.24, 2.45) is 0 Å². The molecule has 2 unspecified atom stereocenters. The van der Waals surface area contributed by atoms with E-state index in [1.54, 1.807) is 18.2 Å². The van der Waals surface area contributed by atoms with Crippen LogP contribution in [-0.2, 0) is 4.79 Å². The molecule has 0 aliphatic carbocycles. The molecule has 110 valence electrons. The van der Waals surface area contributed by atoms with Crippen molar-refractivity contribution in [1.82, 2.24) is 4.90 Å². The number of carbonyl (C=O) groups excluding carboxylic acids is 1. The molecule has 1 heterocycles. The molecule has 4 nitrogen and oxygen atoms in total. The van der Waals surface area contributed by atoms with Crippen LogP contribution in [0, 0.1) is 0 Å². The summed E-state index contributed by atoms with van der Waals surface area (Å²) in [5, 5.41) is 3.97. The number of nitrogen functional groups attached to an aromatic ring is 1. The van der Waals surface area contributed by atoms with E-state index < -0.39 is 0 Å². The van der Waals surface area contributed by atoms with Crippen molar-refractivity contribution >= 4 is 40.6 Å². The molecule has 0 spiro atoms. The van der Waals surface area contributed by atoms with E-state index in [1.165, 1.54) is 0 Å². The molecule has 1 aliphatic heterocycles. The molecule has 2 rings (SSSR count). The Labute approximate surface area is 129 Å². The molecular weight excluding hydrogens is 294 g/mol. The van der Waals surface area contributed by atoms with E-state index in [4.69, 9.17) is 17.3 Å². The maximum Gasteiger partial charge on any atom is 0.238 e. The lowest BCUT2D eigenvalue weighted by Gasteiger charge is -2.36. The number of halogens is 1. The summed E-state index contributed by atoms with van der Waals surface area (Å²) in [6.45, 7) is 5.71. The van der Waals surface area contributed by atoms with Crippen molar-refractivity contribution in [3.05, 3.63) is 23.2 Å². The molecule has 2 atom stereocenters. The molecule has 0 bridgehead atoms. The van der Waals surface area contributed by atoms with E-state index in [2.05, 4.69) is 24.1 Å². The minimum absolute atomic E-state index is 0.0371. The highest BCUT2D eigenvalue weighted by Gasteiger charge is 2.26. The maximum absolute atomic E-state index is 12.1. The first-order chi connectivity index (χ1) is 9.47. The van der Waals surface area contributed by atoms with Crippen LogP contribution < -0.4 is 11.1 Å². The first-order valence-electron chi connectivity index (χ1n) is 6.68. The lowest BCUT2D eigenvalue weighted by atomic mass is 10.2. The first-order valence-corrected chi connectivity index (χ1v) is 8.10. The van der Waals surface area contributed by atoms with E-state index in [9.17, 15) is 4.79 Å². The van der Waals surface area contributed by atoms with Gasteiger partial charge in [0, 0.05) is 28.6 Å². The number of hydrogen-bond acceptors (Lipinski definition) is 4. The van der Waals surface area contributed by atoms with Gasteiger partial charge in [0.25, 0.3) is 0 Å². The molecule has 3 N–H and O–H groups in total. The molecule has 0 saturated carbocycles. The highest BCUT2D eigenvalue weighted by atomic mass is 35.5. The summed E-state index contributed by atoms with van der Waals surface area (Å²) in [6, 6.07) is 5.49. The molecule has 1 aromatic carbocycles. The van der Waals surface area contributed by atoms with Crippen LogP contribution in [0.3, 0.4) is 0 Å². The van der Waals surface area contributed by atoms with Crippen LogP contribution in [0.4, 0.5) is 11.4 Å². The third-order valence-electron chi connectivity index (χ3n) is 3.65. The predicted molar refractivity (Wildman–Crippen MR) is 87.4 cm³/mol. The number of amides is 1. The molecule has 1 fully saturated rings. The number of anilines is 2. The largest absolute Gasteiger partial charge is 0.397 e. The molecule has 1 aliphatic rings. The van der Waals surface area contributed by atoms with Crippen molar-refractivity contribution in [1.29, 1.82) is 0 Å².